The van der Waals surface area contributed by atoms with Crippen LogP contribution in [0.3, 0.4) is 0 Å². The normalized spacial score (nSPS) is 11.8. The van der Waals surface area contributed by atoms with Crippen molar-refractivity contribution in [3.63, 3.8) is 0 Å². The van der Waals surface area contributed by atoms with Crippen molar-refractivity contribution >= 4 is 75.8 Å². The molecule has 0 aliphatic heterocycles. The standard InChI is InChI=1S/C65H40N4/c1-3-17-43(18-4-1)64-58-39-63-57(54-25-13-14-26-62(54)69(63)49-21-5-2-6-22-49)38-56(58)53-32-31-46(37-61(53)66-64)50-33-34-55(52-24-12-11-23-51(50)52)65-67-59(47-29-27-41-15-7-9-19-44(41)35-47)40-60(68-65)48-30-28-42-16-8-10-20-45(42)36-48/h1-40H. The first kappa shape index (κ1) is 39.0. The van der Waals surface area contributed by atoms with E-state index in [1.165, 1.54) is 43.2 Å². The van der Waals surface area contributed by atoms with Crippen molar-refractivity contribution in [1.82, 2.24) is 19.5 Å². The molecule has 0 amide bonds. The Morgan fingerprint density at radius 1 is 0.275 bits per heavy atom. The maximum atomic E-state index is 5.55. The third kappa shape index (κ3) is 6.49. The molecule has 0 aliphatic carbocycles. The molecule has 4 heteroatoms. The lowest BCUT2D eigenvalue weighted by molar-refractivity contribution is 1.18. The van der Waals surface area contributed by atoms with Gasteiger partial charge in [-0.05, 0) is 109 Å². The molecule has 0 saturated carbocycles. The van der Waals surface area contributed by atoms with Gasteiger partial charge in [-0.2, -0.15) is 0 Å². The molecular weight excluding hydrogens is 837 g/mol. The second-order valence-electron chi connectivity index (χ2n) is 18.0. The van der Waals surface area contributed by atoms with Gasteiger partial charge in [0.2, 0.25) is 0 Å². The van der Waals surface area contributed by atoms with Crippen LogP contribution in [0.15, 0.2) is 243 Å². The van der Waals surface area contributed by atoms with Gasteiger partial charge in [-0.1, -0.05) is 182 Å². The lowest BCUT2D eigenvalue weighted by Gasteiger charge is -2.15. The van der Waals surface area contributed by atoms with E-state index >= 15 is 0 Å². The summed E-state index contributed by atoms with van der Waals surface area (Å²) in [5.74, 6) is 0.686. The van der Waals surface area contributed by atoms with E-state index in [0.717, 1.165) is 88.7 Å². The van der Waals surface area contributed by atoms with Gasteiger partial charge in [0, 0.05) is 49.5 Å². The third-order valence-corrected chi connectivity index (χ3v) is 13.9. The van der Waals surface area contributed by atoms with Gasteiger partial charge in [0.15, 0.2) is 5.82 Å². The molecule has 0 aliphatic rings. The fraction of sp³-hybridized carbons (Fsp3) is 0. The van der Waals surface area contributed by atoms with Crippen LogP contribution in [0.1, 0.15) is 0 Å². The predicted molar refractivity (Wildman–Crippen MR) is 289 cm³/mol. The highest BCUT2D eigenvalue weighted by molar-refractivity contribution is 6.21. The topological polar surface area (TPSA) is 43.6 Å². The van der Waals surface area contributed by atoms with Crippen molar-refractivity contribution in [2.75, 3.05) is 0 Å². The lowest BCUT2D eigenvalue weighted by atomic mass is 9.92. The number of nitrogens with zero attached hydrogens (tertiary/aromatic N) is 4. The van der Waals surface area contributed by atoms with Crippen LogP contribution in [0, 0.1) is 0 Å². The van der Waals surface area contributed by atoms with Crippen molar-refractivity contribution in [3.8, 4) is 62.0 Å². The van der Waals surface area contributed by atoms with Crippen LogP contribution in [-0.4, -0.2) is 19.5 Å². The molecule has 0 saturated heterocycles. The molecule has 0 fully saturated rings. The zero-order valence-corrected chi connectivity index (χ0v) is 37.4. The average Bonchev–Trinajstić information content (AvgIpc) is 3.75. The first-order valence-corrected chi connectivity index (χ1v) is 23.5. The predicted octanol–water partition coefficient (Wildman–Crippen LogP) is 17.1. The van der Waals surface area contributed by atoms with Crippen molar-refractivity contribution < 1.29 is 0 Å². The summed E-state index contributed by atoms with van der Waals surface area (Å²) >= 11 is 0. The van der Waals surface area contributed by atoms with Crippen LogP contribution < -0.4 is 0 Å². The maximum absolute atomic E-state index is 5.55. The molecule has 69 heavy (non-hydrogen) atoms. The van der Waals surface area contributed by atoms with Crippen molar-refractivity contribution in [1.29, 1.82) is 0 Å². The highest BCUT2D eigenvalue weighted by Gasteiger charge is 2.20. The molecular formula is C65H40N4. The van der Waals surface area contributed by atoms with Crippen LogP contribution >= 0.6 is 0 Å². The molecule has 4 nitrogen and oxygen atoms in total. The highest BCUT2D eigenvalue weighted by Crippen LogP contribution is 2.42. The number of hydrogen-bond donors (Lipinski definition) is 0. The minimum absolute atomic E-state index is 0.686. The highest BCUT2D eigenvalue weighted by atomic mass is 15.0. The van der Waals surface area contributed by atoms with Gasteiger partial charge in [-0.15, -0.1) is 0 Å². The number of benzene rings is 11. The molecule has 0 unspecified atom stereocenters. The molecule has 11 aromatic carbocycles. The average molecular weight is 877 g/mol. The second kappa shape index (κ2) is 15.7. The van der Waals surface area contributed by atoms with E-state index < -0.39 is 0 Å². The van der Waals surface area contributed by atoms with E-state index in [9.17, 15) is 0 Å². The van der Waals surface area contributed by atoms with E-state index in [4.69, 9.17) is 15.0 Å². The Morgan fingerprint density at radius 3 is 1.54 bits per heavy atom. The van der Waals surface area contributed by atoms with Gasteiger partial charge in [0.1, 0.15) is 0 Å². The van der Waals surface area contributed by atoms with Gasteiger partial charge in [-0.3, -0.25) is 0 Å². The maximum Gasteiger partial charge on any atom is 0.161 e. The summed E-state index contributed by atoms with van der Waals surface area (Å²) in [5.41, 5.74) is 13.5. The Morgan fingerprint density at radius 2 is 0.841 bits per heavy atom. The number of fused-ring (bicyclic) bond motifs is 9. The van der Waals surface area contributed by atoms with Crippen LogP contribution in [0.25, 0.3) is 138 Å². The van der Waals surface area contributed by atoms with Gasteiger partial charge < -0.3 is 4.57 Å². The van der Waals surface area contributed by atoms with Gasteiger partial charge >= 0.3 is 0 Å². The summed E-state index contributed by atoms with van der Waals surface area (Å²) in [6, 6.07) is 86.9. The van der Waals surface area contributed by atoms with Crippen molar-refractivity contribution in [2.45, 2.75) is 0 Å². The molecule has 0 N–H and O–H groups in total. The zero-order valence-electron chi connectivity index (χ0n) is 37.4. The molecule has 320 valence electrons. The molecule has 14 aromatic rings. The largest absolute Gasteiger partial charge is 0.309 e. The van der Waals surface area contributed by atoms with Gasteiger partial charge in [0.05, 0.1) is 33.6 Å². The summed E-state index contributed by atoms with van der Waals surface area (Å²) in [5, 5.41) is 12.8. The zero-order chi connectivity index (χ0) is 45.4. The molecule has 0 atom stereocenters. The van der Waals surface area contributed by atoms with Crippen LogP contribution in [0.2, 0.25) is 0 Å². The Balaban J connectivity index is 0.955. The quantitative estimate of drug-likeness (QED) is 0.156. The van der Waals surface area contributed by atoms with Gasteiger partial charge in [-0.25, -0.2) is 15.0 Å². The van der Waals surface area contributed by atoms with E-state index in [1.54, 1.807) is 0 Å². The Bertz CT molecular complexity index is 4270. The molecule has 3 heterocycles. The number of hydrogen-bond acceptors (Lipinski definition) is 3. The molecule has 14 rings (SSSR count). The fourth-order valence-electron chi connectivity index (χ4n) is 10.6. The first-order chi connectivity index (χ1) is 34.2. The van der Waals surface area contributed by atoms with Crippen molar-refractivity contribution in [2.24, 2.45) is 0 Å². The van der Waals surface area contributed by atoms with Crippen LogP contribution in [0.5, 0.6) is 0 Å². The summed E-state index contributed by atoms with van der Waals surface area (Å²) in [6.07, 6.45) is 0. The van der Waals surface area contributed by atoms with E-state index in [2.05, 4.69) is 247 Å². The summed E-state index contributed by atoms with van der Waals surface area (Å²) in [6.45, 7) is 0. The van der Waals surface area contributed by atoms with E-state index in [1.807, 2.05) is 0 Å². The monoisotopic (exact) mass is 876 g/mol. The van der Waals surface area contributed by atoms with E-state index in [0.29, 0.717) is 5.82 Å². The SMILES string of the molecule is c1ccc(-c2nc3cc(-c4ccc(-c5nc(-c6ccc7ccccc7c6)cc(-c6ccc7ccccc7c6)n5)c5ccccc45)ccc3c3cc4c5ccccc5n(-c5ccccc5)c4cc23)cc1. The minimum Gasteiger partial charge on any atom is -0.309 e. The van der Waals surface area contributed by atoms with Crippen LogP contribution in [-0.2, 0) is 0 Å². The minimum atomic E-state index is 0.686. The van der Waals surface area contributed by atoms with Crippen molar-refractivity contribution in [3.05, 3.63) is 243 Å². The fourth-order valence-corrected chi connectivity index (χ4v) is 10.6. The van der Waals surface area contributed by atoms with Gasteiger partial charge in [0.25, 0.3) is 0 Å². The molecule has 0 bridgehead atoms. The smallest absolute Gasteiger partial charge is 0.161 e. The summed E-state index contributed by atoms with van der Waals surface area (Å²) in [7, 11) is 0. The Labute approximate surface area is 398 Å². The van der Waals surface area contributed by atoms with Crippen LogP contribution in [0.4, 0.5) is 0 Å². The summed E-state index contributed by atoms with van der Waals surface area (Å²) < 4.78 is 2.38. The molecule has 0 spiro atoms. The Hall–Kier alpha value is -9.25. The third-order valence-electron chi connectivity index (χ3n) is 13.9. The number of pyridine rings is 1. The second-order valence-corrected chi connectivity index (χ2v) is 18.0. The first-order valence-electron chi connectivity index (χ1n) is 23.5. The molecule has 3 aromatic heterocycles. The number of aromatic nitrogens is 4. The van der Waals surface area contributed by atoms with E-state index in [-0.39, 0.29) is 0 Å². The Kier molecular flexibility index (Phi) is 8.86. The number of para-hydroxylation sites is 2. The molecule has 0 radical (unpaired) electrons. The summed E-state index contributed by atoms with van der Waals surface area (Å²) in [4.78, 5) is 16.3. The number of rotatable bonds is 6. The lowest BCUT2D eigenvalue weighted by Crippen LogP contribution is -1.97.